The van der Waals surface area contributed by atoms with Gasteiger partial charge in [-0.05, 0) is 68.0 Å². The third kappa shape index (κ3) is 4.74. The van der Waals surface area contributed by atoms with Crippen LogP contribution >= 0.6 is 0 Å². The van der Waals surface area contributed by atoms with E-state index in [1.807, 2.05) is 0 Å². The lowest BCUT2D eigenvalue weighted by Crippen LogP contribution is -2.21. The lowest BCUT2D eigenvalue weighted by atomic mass is 10.1. The minimum atomic E-state index is -1.05. The first-order chi connectivity index (χ1) is 16.8. The van der Waals surface area contributed by atoms with Crippen LogP contribution in [0.3, 0.4) is 0 Å². The van der Waals surface area contributed by atoms with Crippen LogP contribution in [0.25, 0.3) is 11.8 Å². The number of hydrogen-bond acceptors (Lipinski definition) is 6. The number of hydrogen-bond donors (Lipinski definition) is 3. The van der Waals surface area contributed by atoms with Crippen LogP contribution in [0, 0.1) is 6.92 Å². The minimum Gasteiger partial charge on any atom is -0.478 e. The molecule has 3 N–H and O–H groups in total. The number of amides is 1. The Hall–Kier alpha value is -4.54. The Balaban J connectivity index is 1.54. The molecule has 2 aromatic carbocycles. The average Bonchev–Trinajstić information content (AvgIpc) is 3.29. The van der Waals surface area contributed by atoms with Crippen LogP contribution in [0.2, 0.25) is 0 Å². The number of aromatic nitrogens is 2. The zero-order valence-electron chi connectivity index (χ0n) is 18.9. The van der Waals surface area contributed by atoms with Crippen LogP contribution in [-0.2, 0) is 16.3 Å². The van der Waals surface area contributed by atoms with Gasteiger partial charge in [0.1, 0.15) is 6.61 Å². The second-order valence-corrected chi connectivity index (χ2v) is 7.82. The van der Waals surface area contributed by atoms with Crippen LogP contribution in [-0.4, -0.2) is 37.7 Å². The molecule has 178 valence electrons. The monoisotopic (exact) mass is 474 g/mol. The van der Waals surface area contributed by atoms with Gasteiger partial charge in [0.25, 0.3) is 11.5 Å². The molecule has 0 fully saturated rings. The molecule has 10 heteroatoms. The van der Waals surface area contributed by atoms with Crippen LogP contribution < -0.4 is 10.6 Å². The van der Waals surface area contributed by atoms with E-state index in [1.165, 1.54) is 34.0 Å². The Labute approximate surface area is 199 Å². The number of benzene rings is 2. The fraction of sp³-hybridized carbons (Fsp3) is 0.120. The van der Waals surface area contributed by atoms with E-state index >= 15 is 0 Å². The summed E-state index contributed by atoms with van der Waals surface area (Å²) in [5.41, 5.74) is 3.62. The predicted molar refractivity (Wildman–Crippen MR) is 130 cm³/mol. The van der Waals surface area contributed by atoms with E-state index in [0.717, 1.165) is 5.56 Å². The summed E-state index contributed by atoms with van der Waals surface area (Å²) in [5.74, 6) is -1.41. The maximum absolute atomic E-state index is 12.9. The van der Waals surface area contributed by atoms with Gasteiger partial charge in [-0.1, -0.05) is 18.2 Å². The fourth-order valence-corrected chi connectivity index (χ4v) is 3.62. The number of nitrogens with zero attached hydrogens (tertiary/aromatic N) is 3. The quantitative estimate of drug-likeness (QED) is 0.272. The average molecular weight is 474 g/mol. The number of H-pyrrole nitrogens is 1. The number of anilines is 1. The van der Waals surface area contributed by atoms with Crippen molar-refractivity contribution >= 4 is 29.4 Å². The maximum Gasteiger partial charge on any atom is 0.335 e. The smallest absolute Gasteiger partial charge is 0.335 e. The zero-order chi connectivity index (χ0) is 25.1. The fourth-order valence-electron chi connectivity index (χ4n) is 3.62. The minimum absolute atomic E-state index is 0.0497. The molecule has 0 spiro atoms. The topological polar surface area (TPSA) is 137 Å². The standard InChI is InChI=1S/C25H22N4O6/c1-15-21(23(30)28(26-15)19-10-6-17(7-11-19)14-35-34)4-3-5-22-16(2)27-29(24(22)31)20-12-8-18(9-13-20)25(32)33/h3-13,26,34H,14H2,1-2H3,(H,32,33)/b4-3+,22-5-. The molecule has 1 aromatic heterocycles. The molecular weight excluding hydrogens is 452 g/mol. The number of rotatable bonds is 7. The van der Waals surface area contributed by atoms with E-state index in [9.17, 15) is 14.4 Å². The summed E-state index contributed by atoms with van der Waals surface area (Å²) in [6.07, 6.45) is 4.83. The van der Waals surface area contributed by atoms with Gasteiger partial charge < -0.3 is 5.11 Å². The molecule has 10 nitrogen and oxygen atoms in total. The summed E-state index contributed by atoms with van der Waals surface area (Å²) >= 11 is 0. The summed E-state index contributed by atoms with van der Waals surface area (Å²) in [6.45, 7) is 3.52. The highest BCUT2D eigenvalue weighted by Crippen LogP contribution is 2.24. The molecule has 1 aliphatic heterocycles. The van der Waals surface area contributed by atoms with Crippen molar-refractivity contribution in [3.63, 3.8) is 0 Å². The molecule has 0 unspecified atom stereocenters. The molecule has 1 amide bonds. The molecule has 0 radical (unpaired) electrons. The molecule has 3 aromatic rings. The first-order valence-electron chi connectivity index (χ1n) is 10.6. The molecule has 0 aliphatic carbocycles. The van der Waals surface area contributed by atoms with Crippen LogP contribution in [0.4, 0.5) is 5.69 Å². The summed E-state index contributed by atoms with van der Waals surface area (Å²) in [5, 5.41) is 26.1. The molecule has 2 heterocycles. The summed E-state index contributed by atoms with van der Waals surface area (Å²) in [6, 6.07) is 12.8. The van der Waals surface area contributed by atoms with Gasteiger partial charge in [0, 0.05) is 5.69 Å². The Morgan fingerprint density at radius 3 is 2.34 bits per heavy atom. The van der Waals surface area contributed by atoms with Gasteiger partial charge in [-0.3, -0.25) is 19.9 Å². The molecule has 35 heavy (non-hydrogen) atoms. The number of carbonyl (C=O) groups excluding carboxylic acids is 1. The van der Waals surface area contributed by atoms with Crippen molar-refractivity contribution in [1.82, 2.24) is 9.78 Å². The van der Waals surface area contributed by atoms with Crippen molar-refractivity contribution < 1.29 is 24.8 Å². The van der Waals surface area contributed by atoms with Gasteiger partial charge in [0.2, 0.25) is 0 Å². The van der Waals surface area contributed by atoms with Gasteiger partial charge in [0.15, 0.2) is 0 Å². The number of carboxylic acid groups (broad SMARTS) is 1. The number of carboxylic acids is 1. The van der Waals surface area contributed by atoms with Crippen molar-refractivity contribution in [3.05, 3.63) is 99.0 Å². The SMILES string of the molecule is CC1=NN(c2ccc(C(=O)O)cc2)C(=O)/C1=C\C=C\c1c(C)[nH]n(-c2ccc(COO)cc2)c1=O. The molecule has 4 rings (SSSR count). The van der Waals surface area contributed by atoms with Gasteiger partial charge in [-0.15, -0.1) is 0 Å². The Morgan fingerprint density at radius 1 is 1.06 bits per heavy atom. The van der Waals surface area contributed by atoms with E-state index in [4.69, 9.17) is 10.4 Å². The molecule has 1 aliphatic rings. The largest absolute Gasteiger partial charge is 0.478 e. The highest BCUT2D eigenvalue weighted by atomic mass is 17.1. The predicted octanol–water partition coefficient (Wildman–Crippen LogP) is 3.52. The Bertz CT molecular complexity index is 1430. The second-order valence-electron chi connectivity index (χ2n) is 7.82. The van der Waals surface area contributed by atoms with Crippen molar-refractivity contribution in [2.75, 3.05) is 5.01 Å². The number of aromatic amines is 1. The number of hydrazone groups is 1. The normalized spacial score (nSPS) is 14.8. The van der Waals surface area contributed by atoms with Crippen LogP contribution in [0.15, 0.2) is 76.2 Å². The molecule has 0 atom stereocenters. The van der Waals surface area contributed by atoms with E-state index in [1.54, 1.807) is 56.3 Å². The Morgan fingerprint density at radius 2 is 1.71 bits per heavy atom. The van der Waals surface area contributed by atoms with E-state index in [2.05, 4.69) is 15.1 Å². The van der Waals surface area contributed by atoms with E-state index < -0.39 is 5.97 Å². The second kappa shape index (κ2) is 9.75. The van der Waals surface area contributed by atoms with Crippen molar-refractivity contribution in [1.29, 1.82) is 0 Å². The van der Waals surface area contributed by atoms with Crippen LogP contribution in [0.1, 0.15) is 34.1 Å². The van der Waals surface area contributed by atoms with Crippen molar-refractivity contribution in [2.24, 2.45) is 5.10 Å². The zero-order valence-corrected chi connectivity index (χ0v) is 18.9. The number of allylic oxidation sites excluding steroid dienone is 2. The van der Waals surface area contributed by atoms with Gasteiger partial charge >= 0.3 is 5.97 Å². The van der Waals surface area contributed by atoms with E-state index in [0.29, 0.717) is 33.9 Å². The first-order valence-corrected chi connectivity index (χ1v) is 10.6. The molecule has 0 saturated heterocycles. The Kier molecular flexibility index (Phi) is 6.58. The van der Waals surface area contributed by atoms with Gasteiger partial charge in [-0.2, -0.15) is 10.1 Å². The van der Waals surface area contributed by atoms with Crippen molar-refractivity contribution in [2.45, 2.75) is 20.5 Å². The third-order valence-electron chi connectivity index (χ3n) is 5.49. The van der Waals surface area contributed by atoms with Crippen LogP contribution in [0.5, 0.6) is 0 Å². The van der Waals surface area contributed by atoms with Gasteiger partial charge in [0.05, 0.1) is 33.8 Å². The highest BCUT2D eigenvalue weighted by molar-refractivity contribution is 6.29. The number of carbonyl (C=O) groups is 2. The number of aryl methyl sites for hydroxylation is 1. The van der Waals surface area contributed by atoms with E-state index in [-0.39, 0.29) is 23.6 Å². The highest BCUT2D eigenvalue weighted by Gasteiger charge is 2.28. The summed E-state index contributed by atoms with van der Waals surface area (Å²) in [7, 11) is 0. The van der Waals surface area contributed by atoms with Gasteiger partial charge in [-0.25, -0.2) is 14.4 Å². The molecular formula is C25H22N4O6. The summed E-state index contributed by atoms with van der Waals surface area (Å²) in [4.78, 5) is 41.0. The molecule has 0 saturated carbocycles. The lowest BCUT2D eigenvalue weighted by Gasteiger charge is -2.11. The lowest BCUT2D eigenvalue weighted by molar-refractivity contribution is -0.253. The summed E-state index contributed by atoms with van der Waals surface area (Å²) < 4.78 is 1.40. The number of nitrogens with one attached hydrogen (secondary N) is 1. The maximum atomic E-state index is 12.9. The molecule has 0 bridgehead atoms. The number of aromatic carboxylic acids is 1. The first kappa shape index (κ1) is 23.6. The van der Waals surface area contributed by atoms with Crippen molar-refractivity contribution in [3.8, 4) is 5.69 Å². The third-order valence-corrected chi connectivity index (χ3v) is 5.49.